The lowest BCUT2D eigenvalue weighted by molar-refractivity contribution is -0.128. The summed E-state index contributed by atoms with van der Waals surface area (Å²) < 4.78 is 0. The molecule has 58 valence electrons. The van der Waals surface area contributed by atoms with Crippen molar-refractivity contribution in [1.82, 2.24) is 5.32 Å². The molecule has 4 heteroatoms. The normalized spacial score (nSPS) is 24.5. The molecule has 0 spiro atoms. The zero-order valence-corrected chi connectivity index (χ0v) is 6.52. The van der Waals surface area contributed by atoms with Gasteiger partial charge in [0.2, 0.25) is 11.8 Å². The van der Waals surface area contributed by atoms with E-state index in [-0.39, 0.29) is 11.8 Å². The third-order valence-electron chi connectivity index (χ3n) is 1.67. The molecule has 0 aromatic carbocycles. The van der Waals surface area contributed by atoms with Gasteiger partial charge in [0.15, 0.2) is 0 Å². The molecule has 0 bridgehead atoms. The van der Waals surface area contributed by atoms with Gasteiger partial charge in [0.25, 0.3) is 0 Å². The van der Waals surface area contributed by atoms with Gasteiger partial charge in [-0.3, -0.25) is 14.9 Å². The number of allylic oxidation sites excluding steroid dienone is 1. The molecule has 11 heavy (non-hydrogen) atoms. The van der Waals surface area contributed by atoms with Crippen molar-refractivity contribution in [2.75, 3.05) is 0 Å². The van der Waals surface area contributed by atoms with Gasteiger partial charge in [0.1, 0.15) is 7.85 Å². The van der Waals surface area contributed by atoms with E-state index in [1.807, 2.05) is 6.08 Å². The van der Waals surface area contributed by atoms with E-state index >= 15 is 0 Å². The van der Waals surface area contributed by atoms with E-state index in [1.54, 1.807) is 7.85 Å². The molecule has 1 heterocycles. The number of amides is 2. The predicted octanol–water partition coefficient (Wildman–Crippen LogP) is -0.670. The van der Waals surface area contributed by atoms with Crippen molar-refractivity contribution >= 4 is 19.7 Å². The van der Waals surface area contributed by atoms with Crippen molar-refractivity contribution in [2.45, 2.75) is 19.3 Å². The standard InChI is InChI=1S/C7H10BNO2/c8-5-3-1-2-4-6(10)9-7(5)11/h3H,1-2,4,8H2,(H,9,10,11)/b5-3+. The lowest BCUT2D eigenvalue weighted by Gasteiger charge is -2.07. The zero-order chi connectivity index (χ0) is 8.27. The second-order valence-corrected chi connectivity index (χ2v) is 2.66. The van der Waals surface area contributed by atoms with Crippen LogP contribution in [0.4, 0.5) is 0 Å². The first kappa shape index (κ1) is 8.05. The van der Waals surface area contributed by atoms with Gasteiger partial charge in [-0.15, -0.1) is 0 Å². The summed E-state index contributed by atoms with van der Waals surface area (Å²) in [4.78, 5) is 21.8. The summed E-state index contributed by atoms with van der Waals surface area (Å²) in [7, 11) is 1.72. The molecule has 2 amide bonds. The van der Waals surface area contributed by atoms with Crippen LogP contribution in [0.25, 0.3) is 0 Å². The Balaban J connectivity index is 2.70. The van der Waals surface area contributed by atoms with Crippen LogP contribution in [0.5, 0.6) is 0 Å². The van der Waals surface area contributed by atoms with Crippen LogP contribution in [-0.4, -0.2) is 19.7 Å². The maximum atomic E-state index is 11.0. The molecule has 1 aliphatic heterocycles. The van der Waals surface area contributed by atoms with Crippen molar-refractivity contribution in [3.8, 4) is 0 Å². The Labute approximate surface area is 66.3 Å². The summed E-state index contributed by atoms with van der Waals surface area (Å²) in [6.07, 6.45) is 3.97. The largest absolute Gasteiger partial charge is 0.293 e. The first-order valence-electron chi connectivity index (χ1n) is 3.71. The summed E-state index contributed by atoms with van der Waals surface area (Å²) in [5, 5.41) is 2.29. The maximum Gasteiger partial charge on any atom is 0.243 e. The molecule has 0 unspecified atom stereocenters. The van der Waals surface area contributed by atoms with E-state index in [0.717, 1.165) is 12.8 Å². The molecule has 0 aliphatic carbocycles. The molecule has 0 saturated heterocycles. The van der Waals surface area contributed by atoms with Crippen molar-refractivity contribution in [2.24, 2.45) is 0 Å². The highest BCUT2D eigenvalue weighted by molar-refractivity contribution is 6.37. The van der Waals surface area contributed by atoms with E-state index in [4.69, 9.17) is 0 Å². The van der Waals surface area contributed by atoms with Gasteiger partial charge in [-0.25, -0.2) is 0 Å². The van der Waals surface area contributed by atoms with Crippen LogP contribution in [-0.2, 0) is 9.59 Å². The number of rotatable bonds is 0. The molecular formula is C7H10BNO2. The van der Waals surface area contributed by atoms with Crippen LogP contribution in [0.3, 0.4) is 0 Å². The fourth-order valence-electron chi connectivity index (χ4n) is 0.962. The van der Waals surface area contributed by atoms with Gasteiger partial charge in [0, 0.05) is 6.42 Å². The smallest absolute Gasteiger partial charge is 0.243 e. The highest BCUT2D eigenvalue weighted by Gasteiger charge is 2.10. The van der Waals surface area contributed by atoms with E-state index in [1.165, 1.54) is 0 Å². The fourth-order valence-corrected chi connectivity index (χ4v) is 0.962. The molecule has 0 saturated carbocycles. The quantitative estimate of drug-likeness (QED) is 0.368. The molecule has 0 fully saturated rings. The minimum Gasteiger partial charge on any atom is -0.293 e. The second-order valence-electron chi connectivity index (χ2n) is 2.66. The SMILES string of the molecule is B/C1=C/CCCC(=O)NC1=O. The Morgan fingerprint density at radius 3 is 2.91 bits per heavy atom. The highest BCUT2D eigenvalue weighted by Crippen LogP contribution is 2.03. The summed E-state index contributed by atoms with van der Waals surface area (Å²) in [5.74, 6) is -0.419. The number of hydrogen-bond acceptors (Lipinski definition) is 2. The molecule has 1 rings (SSSR count). The summed E-state index contributed by atoms with van der Waals surface area (Å²) in [6, 6.07) is 0. The van der Waals surface area contributed by atoms with Crippen LogP contribution in [0.1, 0.15) is 19.3 Å². The zero-order valence-electron chi connectivity index (χ0n) is 6.52. The topological polar surface area (TPSA) is 46.2 Å². The van der Waals surface area contributed by atoms with Crippen LogP contribution in [0.2, 0.25) is 0 Å². The minimum atomic E-state index is -0.255. The summed E-state index contributed by atoms with van der Waals surface area (Å²) >= 11 is 0. The van der Waals surface area contributed by atoms with Crippen molar-refractivity contribution < 1.29 is 9.59 Å². The Morgan fingerprint density at radius 2 is 2.18 bits per heavy atom. The number of nitrogens with one attached hydrogen (secondary N) is 1. The number of carbonyl (C=O) groups excluding carboxylic acids is 2. The number of hydrogen-bond donors (Lipinski definition) is 1. The van der Waals surface area contributed by atoms with Crippen LogP contribution in [0, 0.1) is 0 Å². The van der Waals surface area contributed by atoms with Gasteiger partial charge < -0.3 is 0 Å². The summed E-state index contributed by atoms with van der Waals surface area (Å²) in [5.41, 5.74) is 0.637. The minimum absolute atomic E-state index is 0.164. The Kier molecular flexibility index (Phi) is 2.46. The molecule has 0 atom stereocenters. The molecule has 0 aromatic heterocycles. The van der Waals surface area contributed by atoms with Gasteiger partial charge in [0.05, 0.1) is 0 Å². The number of carbonyl (C=O) groups is 2. The van der Waals surface area contributed by atoms with Crippen LogP contribution in [0.15, 0.2) is 11.5 Å². The first-order valence-corrected chi connectivity index (χ1v) is 3.71. The molecule has 1 aliphatic rings. The molecule has 1 N–H and O–H groups in total. The van der Waals surface area contributed by atoms with Crippen LogP contribution >= 0.6 is 0 Å². The van der Waals surface area contributed by atoms with E-state index in [0.29, 0.717) is 11.9 Å². The van der Waals surface area contributed by atoms with E-state index in [9.17, 15) is 9.59 Å². The van der Waals surface area contributed by atoms with Gasteiger partial charge >= 0.3 is 0 Å². The molecule has 0 aromatic rings. The monoisotopic (exact) mass is 151 g/mol. The molecule has 3 nitrogen and oxygen atoms in total. The third kappa shape index (κ3) is 2.22. The van der Waals surface area contributed by atoms with Gasteiger partial charge in [-0.05, 0) is 18.3 Å². The van der Waals surface area contributed by atoms with E-state index in [2.05, 4.69) is 5.32 Å². The Morgan fingerprint density at radius 1 is 1.45 bits per heavy atom. The van der Waals surface area contributed by atoms with Gasteiger partial charge in [-0.2, -0.15) is 0 Å². The Hall–Kier alpha value is -1.06. The first-order chi connectivity index (χ1) is 5.20. The summed E-state index contributed by atoms with van der Waals surface area (Å²) in [6.45, 7) is 0. The Bertz CT molecular complexity index is 222. The predicted molar refractivity (Wildman–Crippen MR) is 43.6 cm³/mol. The van der Waals surface area contributed by atoms with Crippen molar-refractivity contribution in [3.05, 3.63) is 11.5 Å². The average Bonchev–Trinajstić information content (AvgIpc) is 1.95. The van der Waals surface area contributed by atoms with Crippen molar-refractivity contribution in [3.63, 3.8) is 0 Å². The maximum absolute atomic E-state index is 11.0. The molecular weight excluding hydrogens is 141 g/mol. The van der Waals surface area contributed by atoms with Gasteiger partial charge in [-0.1, -0.05) is 6.08 Å². The number of imide groups is 1. The fraction of sp³-hybridized carbons (Fsp3) is 0.429. The lowest BCUT2D eigenvalue weighted by Crippen LogP contribution is -2.32. The third-order valence-corrected chi connectivity index (χ3v) is 1.67. The van der Waals surface area contributed by atoms with Crippen molar-refractivity contribution in [1.29, 1.82) is 0 Å². The highest BCUT2D eigenvalue weighted by atomic mass is 16.2. The molecule has 0 radical (unpaired) electrons. The lowest BCUT2D eigenvalue weighted by atomic mass is 9.92. The van der Waals surface area contributed by atoms with E-state index < -0.39 is 0 Å². The second kappa shape index (κ2) is 3.37. The van der Waals surface area contributed by atoms with Crippen LogP contribution < -0.4 is 5.32 Å². The average molecular weight is 151 g/mol.